The first-order valence-corrected chi connectivity index (χ1v) is 6.44. The molecule has 0 fully saturated rings. The fraction of sp³-hybridized carbons (Fsp3) is 0.615. The first kappa shape index (κ1) is 11.0. The zero-order valence-corrected chi connectivity index (χ0v) is 10.4. The van der Waals surface area contributed by atoms with Crippen LogP contribution in [0.2, 0.25) is 0 Å². The van der Waals surface area contributed by atoms with Gasteiger partial charge < -0.3 is 10.3 Å². The molecule has 0 saturated carbocycles. The average Bonchev–Trinajstić information content (AvgIpc) is 2.79. The molecule has 0 aromatic carbocycles. The highest BCUT2D eigenvalue weighted by Crippen LogP contribution is 2.15. The molecule has 2 N–H and O–H groups in total. The molecule has 0 bridgehead atoms. The van der Waals surface area contributed by atoms with E-state index in [-0.39, 0.29) is 0 Å². The van der Waals surface area contributed by atoms with Crippen LogP contribution in [-0.2, 0) is 13.0 Å². The molecule has 1 aromatic rings. The minimum atomic E-state index is 0.553. The standard InChI is InChI=1S/C13H20N4/c1-10-2-4-17(5-3-10)8-11-6-12-13(7-14-11)16-9-15-12/h2,9,11,14H,3-8H2,1H3,(H,15,16). The lowest BCUT2D eigenvalue weighted by Crippen LogP contribution is -2.45. The van der Waals surface area contributed by atoms with Crippen molar-refractivity contribution in [3.8, 4) is 0 Å². The van der Waals surface area contributed by atoms with Gasteiger partial charge in [-0.25, -0.2) is 4.98 Å². The molecule has 17 heavy (non-hydrogen) atoms. The molecule has 0 spiro atoms. The summed E-state index contributed by atoms with van der Waals surface area (Å²) in [5.41, 5.74) is 4.04. The summed E-state index contributed by atoms with van der Waals surface area (Å²) in [4.78, 5) is 10.1. The van der Waals surface area contributed by atoms with Crippen molar-refractivity contribution in [2.75, 3.05) is 19.6 Å². The number of rotatable bonds is 2. The normalized spacial score (nSPS) is 25.5. The van der Waals surface area contributed by atoms with Crippen LogP contribution in [0.4, 0.5) is 0 Å². The number of H-pyrrole nitrogens is 1. The van der Waals surface area contributed by atoms with Crippen molar-refractivity contribution in [3.63, 3.8) is 0 Å². The Balaban J connectivity index is 1.57. The van der Waals surface area contributed by atoms with Gasteiger partial charge in [0, 0.05) is 38.6 Å². The van der Waals surface area contributed by atoms with Crippen molar-refractivity contribution in [2.45, 2.75) is 32.4 Å². The van der Waals surface area contributed by atoms with Gasteiger partial charge in [0.1, 0.15) is 0 Å². The maximum Gasteiger partial charge on any atom is 0.0925 e. The zero-order chi connectivity index (χ0) is 11.7. The minimum absolute atomic E-state index is 0.553. The molecule has 3 rings (SSSR count). The van der Waals surface area contributed by atoms with Crippen LogP contribution in [0.15, 0.2) is 18.0 Å². The Hall–Kier alpha value is -1.13. The van der Waals surface area contributed by atoms with Crippen molar-refractivity contribution in [2.24, 2.45) is 0 Å². The van der Waals surface area contributed by atoms with Gasteiger partial charge in [0.15, 0.2) is 0 Å². The van der Waals surface area contributed by atoms with Crippen LogP contribution in [0, 0.1) is 0 Å². The Morgan fingerprint density at radius 1 is 1.53 bits per heavy atom. The first-order valence-electron chi connectivity index (χ1n) is 6.44. The van der Waals surface area contributed by atoms with Gasteiger partial charge in [-0.05, 0) is 13.3 Å². The molecular weight excluding hydrogens is 212 g/mol. The predicted molar refractivity (Wildman–Crippen MR) is 67.7 cm³/mol. The van der Waals surface area contributed by atoms with Crippen LogP contribution in [0.1, 0.15) is 24.7 Å². The Labute approximate surface area is 102 Å². The first-order chi connectivity index (χ1) is 8.31. The van der Waals surface area contributed by atoms with E-state index in [1.165, 1.54) is 29.9 Å². The number of imidazole rings is 1. The van der Waals surface area contributed by atoms with Crippen LogP contribution in [0.5, 0.6) is 0 Å². The molecule has 1 aromatic heterocycles. The van der Waals surface area contributed by atoms with E-state index in [1.54, 1.807) is 0 Å². The summed E-state index contributed by atoms with van der Waals surface area (Å²) in [5.74, 6) is 0. The highest BCUT2D eigenvalue weighted by atomic mass is 15.2. The second-order valence-corrected chi connectivity index (χ2v) is 5.17. The Bertz CT molecular complexity index is 421. The van der Waals surface area contributed by atoms with Gasteiger partial charge >= 0.3 is 0 Å². The zero-order valence-electron chi connectivity index (χ0n) is 10.4. The van der Waals surface area contributed by atoms with Crippen LogP contribution >= 0.6 is 0 Å². The molecule has 4 nitrogen and oxygen atoms in total. The molecule has 2 aliphatic rings. The summed E-state index contributed by atoms with van der Waals surface area (Å²) in [7, 11) is 0. The lowest BCUT2D eigenvalue weighted by molar-refractivity contribution is 0.250. The van der Waals surface area contributed by atoms with Crippen LogP contribution in [0.3, 0.4) is 0 Å². The average molecular weight is 232 g/mol. The van der Waals surface area contributed by atoms with E-state index in [9.17, 15) is 0 Å². The molecule has 2 aliphatic heterocycles. The number of nitrogens with one attached hydrogen (secondary N) is 2. The summed E-state index contributed by atoms with van der Waals surface area (Å²) in [6, 6.07) is 0.553. The number of hydrogen-bond acceptors (Lipinski definition) is 3. The van der Waals surface area contributed by atoms with Crippen molar-refractivity contribution >= 4 is 0 Å². The third-order valence-corrected chi connectivity index (χ3v) is 3.81. The van der Waals surface area contributed by atoms with Gasteiger partial charge in [-0.1, -0.05) is 11.6 Å². The minimum Gasteiger partial charge on any atom is -0.347 e. The summed E-state index contributed by atoms with van der Waals surface area (Å²) >= 11 is 0. The lowest BCUT2D eigenvalue weighted by atomic mass is 10.0. The van der Waals surface area contributed by atoms with E-state index in [1.807, 2.05) is 6.33 Å². The smallest absolute Gasteiger partial charge is 0.0925 e. The molecular formula is C13H20N4. The highest BCUT2D eigenvalue weighted by Gasteiger charge is 2.22. The quantitative estimate of drug-likeness (QED) is 0.750. The van der Waals surface area contributed by atoms with Crippen LogP contribution < -0.4 is 5.32 Å². The second kappa shape index (κ2) is 4.63. The number of aromatic amines is 1. The molecule has 0 aliphatic carbocycles. The van der Waals surface area contributed by atoms with E-state index in [2.05, 4.69) is 33.2 Å². The largest absolute Gasteiger partial charge is 0.347 e. The third-order valence-electron chi connectivity index (χ3n) is 3.81. The fourth-order valence-corrected chi connectivity index (χ4v) is 2.65. The Morgan fingerprint density at radius 2 is 2.47 bits per heavy atom. The monoisotopic (exact) mass is 232 g/mol. The number of nitrogens with zero attached hydrogens (tertiary/aromatic N) is 2. The second-order valence-electron chi connectivity index (χ2n) is 5.17. The van der Waals surface area contributed by atoms with Crippen LogP contribution in [0.25, 0.3) is 0 Å². The molecule has 1 atom stereocenters. The van der Waals surface area contributed by atoms with Crippen molar-refractivity contribution in [1.82, 2.24) is 20.2 Å². The van der Waals surface area contributed by atoms with Gasteiger partial charge in [0.2, 0.25) is 0 Å². The summed E-state index contributed by atoms with van der Waals surface area (Å²) < 4.78 is 0. The summed E-state index contributed by atoms with van der Waals surface area (Å²) in [6.45, 7) is 6.61. The van der Waals surface area contributed by atoms with Crippen molar-refractivity contribution < 1.29 is 0 Å². The SMILES string of the molecule is CC1=CCN(CC2Cc3nc[nH]c3CN2)CC1. The fourth-order valence-electron chi connectivity index (χ4n) is 2.65. The number of aromatic nitrogens is 2. The van der Waals surface area contributed by atoms with Gasteiger partial charge in [0.25, 0.3) is 0 Å². The van der Waals surface area contributed by atoms with Crippen LogP contribution in [-0.4, -0.2) is 40.5 Å². The summed E-state index contributed by atoms with van der Waals surface area (Å²) in [6.07, 6.45) is 6.44. The Morgan fingerprint density at radius 3 is 3.29 bits per heavy atom. The topological polar surface area (TPSA) is 44.0 Å². The predicted octanol–water partition coefficient (Wildman–Crippen LogP) is 1.08. The van der Waals surface area contributed by atoms with E-state index >= 15 is 0 Å². The van der Waals surface area contributed by atoms with Gasteiger partial charge in [-0.3, -0.25) is 4.90 Å². The third kappa shape index (κ3) is 2.42. The van der Waals surface area contributed by atoms with E-state index in [0.717, 1.165) is 26.1 Å². The number of hydrogen-bond donors (Lipinski definition) is 2. The maximum absolute atomic E-state index is 4.39. The van der Waals surface area contributed by atoms with Gasteiger partial charge in [-0.15, -0.1) is 0 Å². The van der Waals surface area contributed by atoms with E-state index < -0.39 is 0 Å². The molecule has 1 unspecified atom stereocenters. The number of fused-ring (bicyclic) bond motifs is 1. The molecule has 0 radical (unpaired) electrons. The molecule has 0 saturated heterocycles. The molecule has 92 valence electrons. The molecule has 4 heteroatoms. The molecule has 3 heterocycles. The van der Waals surface area contributed by atoms with Crippen molar-refractivity contribution in [3.05, 3.63) is 29.4 Å². The highest BCUT2D eigenvalue weighted by molar-refractivity contribution is 5.16. The lowest BCUT2D eigenvalue weighted by Gasteiger charge is -2.31. The van der Waals surface area contributed by atoms with E-state index in [4.69, 9.17) is 0 Å². The summed E-state index contributed by atoms with van der Waals surface area (Å²) in [5, 5.41) is 3.59. The van der Waals surface area contributed by atoms with Gasteiger partial charge in [-0.2, -0.15) is 0 Å². The molecule has 0 amide bonds. The Kier molecular flexibility index (Phi) is 2.99. The van der Waals surface area contributed by atoms with Gasteiger partial charge in [0.05, 0.1) is 17.7 Å². The van der Waals surface area contributed by atoms with E-state index in [0.29, 0.717) is 6.04 Å². The maximum atomic E-state index is 4.39. The van der Waals surface area contributed by atoms with Crippen molar-refractivity contribution in [1.29, 1.82) is 0 Å².